The Morgan fingerprint density at radius 2 is 1.65 bits per heavy atom. The monoisotopic (exact) mass is 263 g/mol. The number of para-hydroxylation sites is 1. The van der Waals surface area contributed by atoms with Crippen molar-refractivity contribution in [2.45, 2.75) is 33.2 Å². The van der Waals surface area contributed by atoms with Crippen molar-refractivity contribution in [1.29, 1.82) is 0 Å². The number of aromatic nitrogens is 1. The van der Waals surface area contributed by atoms with Gasteiger partial charge in [0.15, 0.2) is 0 Å². The molecular formula is C19H21N. The summed E-state index contributed by atoms with van der Waals surface area (Å²) in [5, 5.41) is 1.32. The summed E-state index contributed by atoms with van der Waals surface area (Å²) in [6.45, 7) is 7.59. The largest absolute Gasteiger partial charge is 0.340 e. The molecule has 0 bridgehead atoms. The van der Waals surface area contributed by atoms with Crippen molar-refractivity contribution < 1.29 is 0 Å². The predicted molar refractivity (Wildman–Crippen MR) is 86.3 cm³/mol. The molecule has 0 fully saturated rings. The number of hydrogen-bond donors (Lipinski definition) is 0. The number of nitrogens with zero attached hydrogens (tertiary/aromatic N) is 1. The van der Waals surface area contributed by atoms with E-state index in [0.717, 1.165) is 6.54 Å². The van der Waals surface area contributed by atoms with Gasteiger partial charge in [-0.3, -0.25) is 0 Å². The van der Waals surface area contributed by atoms with E-state index in [1.54, 1.807) is 0 Å². The minimum Gasteiger partial charge on any atom is -0.340 e. The zero-order valence-corrected chi connectivity index (χ0v) is 12.4. The fraction of sp³-hybridized carbons (Fsp3) is 0.263. The summed E-state index contributed by atoms with van der Waals surface area (Å²) in [6, 6.07) is 19.9. The van der Waals surface area contributed by atoms with Gasteiger partial charge in [0.25, 0.3) is 0 Å². The molecule has 0 aliphatic heterocycles. The van der Waals surface area contributed by atoms with Gasteiger partial charge in [0, 0.05) is 17.8 Å². The summed E-state index contributed by atoms with van der Waals surface area (Å²) in [5.41, 5.74) is 5.40. The lowest BCUT2D eigenvalue weighted by atomic mass is 10.0. The number of hydrogen-bond acceptors (Lipinski definition) is 0. The van der Waals surface area contributed by atoms with Crippen LogP contribution < -0.4 is 0 Å². The summed E-state index contributed by atoms with van der Waals surface area (Å²) in [4.78, 5) is 0. The number of rotatable bonds is 3. The van der Waals surface area contributed by atoms with E-state index in [1.807, 2.05) is 0 Å². The van der Waals surface area contributed by atoms with Crippen molar-refractivity contribution in [3.63, 3.8) is 0 Å². The van der Waals surface area contributed by atoms with Crippen LogP contribution >= 0.6 is 0 Å². The molecule has 3 rings (SSSR count). The summed E-state index contributed by atoms with van der Waals surface area (Å²) in [6.07, 6.45) is 0. The van der Waals surface area contributed by atoms with Gasteiger partial charge in [0.1, 0.15) is 0 Å². The third-order valence-electron chi connectivity index (χ3n) is 4.00. The van der Waals surface area contributed by atoms with Crippen molar-refractivity contribution in [1.82, 2.24) is 4.57 Å². The number of benzene rings is 2. The smallest absolute Gasteiger partial charge is 0.0485 e. The van der Waals surface area contributed by atoms with Gasteiger partial charge in [-0.1, -0.05) is 56.3 Å². The molecule has 0 aliphatic rings. The third kappa shape index (κ3) is 2.36. The first-order chi connectivity index (χ1) is 9.65. The molecular weight excluding hydrogens is 242 g/mol. The first-order valence-electron chi connectivity index (χ1n) is 7.29. The topological polar surface area (TPSA) is 4.93 Å². The van der Waals surface area contributed by atoms with Crippen LogP contribution in [0.25, 0.3) is 10.9 Å². The van der Waals surface area contributed by atoms with E-state index in [4.69, 9.17) is 0 Å². The maximum Gasteiger partial charge on any atom is 0.0485 e. The lowest BCUT2D eigenvalue weighted by Crippen LogP contribution is -2.01. The van der Waals surface area contributed by atoms with Gasteiger partial charge in [0.2, 0.25) is 0 Å². The first-order valence-corrected chi connectivity index (χ1v) is 7.29. The highest BCUT2D eigenvalue weighted by Gasteiger charge is 2.06. The maximum atomic E-state index is 2.39. The Morgan fingerprint density at radius 3 is 2.35 bits per heavy atom. The Kier molecular flexibility index (Phi) is 3.35. The molecule has 0 N–H and O–H groups in total. The van der Waals surface area contributed by atoms with Crippen molar-refractivity contribution in [2.75, 3.05) is 0 Å². The van der Waals surface area contributed by atoms with Crippen LogP contribution in [0.2, 0.25) is 0 Å². The second-order valence-electron chi connectivity index (χ2n) is 5.83. The second-order valence-corrected chi connectivity index (χ2v) is 5.83. The fourth-order valence-electron chi connectivity index (χ4n) is 2.75. The molecule has 3 aromatic rings. The highest BCUT2D eigenvalue weighted by molar-refractivity contribution is 5.81. The van der Waals surface area contributed by atoms with Crippen LogP contribution in [0.15, 0.2) is 54.6 Å². The molecule has 1 heterocycles. The van der Waals surface area contributed by atoms with E-state index in [9.17, 15) is 0 Å². The molecule has 0 atom stereocenters. The maximum absolute atomic E-state index is 2.39. The molecule has 1 aromatic heterocycles. The van der Waals surface area contributed by atoms with Crippen LogP contribution in [0.5, 0.6) is 0 Å². The van der Waals surface area contributed by atoms with Crippen molar-refractivity contribution in [2.24, 2.45) is 0 Å². The van der Waals surface area contributed by atoms with Crippen LogP contribution in [0.1, 0.15) is 36.6 Å². The average Bonchev–Trinajstić information content (AvgIpc) is 2.76. The molecule has 0 unspecified atom stereocenters. The molecule has 0 saturated carbocycles. The lowest BCUT2D eigenvalue weighted by molar-refractivity contribution is 0.801. The lowest BCUT2D eigenvalue weighted by Gasteiger charge is -2.10. The minimum atomic E-state index is 0.596. The SMILES string of the molecule is Cc1cc2ccccc2n1Cc1ccc(C(C)C)cc1. The normalized spacial score (nSPS) is 11.4. The van der Waals surface area contributed by atoms with Gasteiger partial charge in [-0.15, -0.1) is 0 Å². The Balaban J connectivity index is 1.94. The molecule has 2 aromatic carbocycles. The highest BCUT2D eigenvalue weighted by Crippen LogP contribution is 2.21. The van der Waals surface area contributed by atoms with E-state index in [0.29, 0.717) is 5.92 Å². The van der Waals surface area contributed by atoms with Crippen LogP contribution in [0.3, 0.4) is 0 Å². The van der Waals surface area contributed by atoms with E-state index in [-0.39, 0.29) is 0 Å². The average molecular weight is 263 g/mol. The van der Waals surface area contributed by atoms with E-state index in [1.165, 1.54) is 27.7 Å². The van der Waals surface area contributed by atoms with E-state index >= 15 is 0 Å². The second kappa shape index (κ2) is 5.16. The van der Waals surface area contributed by atoms with Crippen molar-refractivity contribution >= 4 is 10.9 Å². The fourth-order valence-corrected chi connectivity index (χ4v) is 2.75. The van der Waals surface area contributed by atoms with E-state index < -0.39 is 0 Å². The summed E-state index contributed by atoms with van der Waals surface area (Å²) >= 11 is 0. The first kappa shape index (κ1) is 13.0. The highest BCUT2D eigenvalue weighted by atomic mass is 15.0. The van der Waals surface area contributed by atoms with Gasteiger partial charge in [-0.25, -0.2) is 0 Å². The zero-order valence-electron chi connectivity index (χ0n) is 12.4. The third-order valence-corrected chi connectivity index (χ3v) is 4.00. The standard InChI is InChI=1S/C19H21N/c1-14(2)17-10-8-16(9-11-17)13-20-15(3)12-18-6-4-5-7-19(18)20/h4-12,14H,13H2,1-3H3. The van der Waals surface area contributed by atoms with Crippen LogP contribution in [0, 0.1) is 6.92 Å². The molecule has 1 nitrogen and oxygen atoms in total. The summed E-state index contributed by atoms with van der Waals surface area (Å²) in [5.74, 6) is 0.596. The van der Waals surface area contributed by atoms with Gasteiger partial charge >= 0.3 is 0 Å². The van der Waals surface area contributed by atoms with Crippen LogP contribution in [0.4, 0.5) is 0 Å². The molecule has 0 spiro atoms. The number of fused-ring (bicyclic) bond motifs is 1. The molecule has 0 radical (unpaired) electrons. The Labute approximate surface area is 120 Å². The van der Waals surface area contributed by atoms with E-state index in [2.05, 4.69) is 79.9 Å². The zero-order chi connectivity index (χ0) is 14.1. The Hall–Kier alpha value is -2.02. The molecule has 0 amide bonds. The van der Waals surface area contributed by atoms with Gasteiger partial charge < -0.3 is 4.57 Å². The van der Waals surface area contributed by atoms with Crippen molar-refractivity contribution in [3.8, 4) is 0 Å². The molecule has 1 heteroatoms. The van der Waals surface area contributed by atoms with Gasteiger partial charge in [-0.2, -0.15) is 0 Å². The summed E-state index contributed by atoms with van der Waals surface area (Å²) < 4.78 is 2.39. The molecule has 20 heavy (non-hydrogen) atoms. The Bertz CT molecular complexity index is 717. The Morgan fingerprint density at radius 1 is 0.950 bits per heavy atom. The quantitative estimate of drug-likeness (QED) is 0.618. The predicted octanol–water partition coefficient (Wildman–Crippen LogP) is 5.12. The molecule has 0 aliphatic carbocycles. The van der Waals surface area contributed by atoms with Gasteiger partial charge in [-0.05, 0) is 41.5 Å². The minimum absolute atomic E-state index is 0.596. The molecule has 102 valence electrons. The van der Waals surface area contributed by atoms with Crippen LogP contribution in [-0.2, 0) is 6.54 Å². The number of aryl methyl sites for hydroxylation is 1. The van der Waals surface area contributed by atoms with Crippen LogP contribution in [-0.4, -0.2) is 4.57 Å². The molecule has 0 saturated heterocycles. The van der Waals surface area contributed by atoms with Crippen molar-refractivity contribution in [3.05, 3.63) is 71.4 Å². The summed E-state index contributed by atoms with van der Waals surface area (Å²) in [7, 11) is 0. The van der Waals surface area contributed by atoms with Gasteiger partial charge in [0.05, 0.1) is 0 Å².